The molecule has 1 amide bonds. The molecule has 0 aliphatic carbocycles. The number of aromatic nitrogens is 1. The number of rotatable bonds is 3. The molecule has 1 heterocycles. The van der Waals surface area contributed by atoms with Crippen molar-refractivity contribution in [2.45, 2.75) is 0 Å². The summed E-state index contributed by atoms with van der Waals surface area (Å²) in [7, 11) is 3.32. The first kappa shape index (κ1) is 13.5. The number of anilines is 1. The minimum absolute atomic E-state index is 0.161. The third-order valence-electron chi connectivity index (χ3n) is 2.70. The summed E-state index contributed by atoms with van der Waals surface area (Å²) in [5.41, 5.74) is 1.18. The van der Waals surface area contributed by atoms with Crippen LogP contribution in [0.4, 0.5) is 5.69 Å². The maximum atomic E-state index is 12.3. The average Bonchev–Trinajstić information content (AvgIpc) is 2.46. The van der Waals surface area contributed by atoms with Crippen molar-refractivity contribution < 1.29 is 9.53 Å². The highest BCUT2D eigenvalue weighted by Crippen LogP contribution is 2.19. The van der Waals surface area contributed by atoms with Gasteiger partial charge in [-0.05, 0) is 52.3 Å². The maximum Gasteiger partial charge on any atom is 0.276 e. The number of halogens is 1. The highest BCUT2D eigenvalue weighted by Gasteiger charge is 2.14. The highest BCUT2D eigenvalue weighted by molar-refractivity contribution is 9.10. The Kier molecular flexibility index (Phi) is 4.16. The van der Waals surface area contributed by atoms with Gasteiger partial charge in [0.2, 0.25) is 0 Å². The standard InChI is InChI=1S/C14H13BrN2O2/c1-17(10-6-8-11(19-2)9-7-10)14(18)12-4-3-5-13(15)16-12/h3-9H,1-2H3. The van der Waals surface area contributed by atoms with E-state index in [1.807, 2.05) is 24.3 Å². The lowest BCUT2D eigenvalue weighted by Crippen LogP contribution is -2.27. The van der Waals surface area contributed by atoms with Gasteiger partial charge in [-0.1, -0.05) is 6.07 Å². The molecule has 0 saturated carbocycles. The van der Waals surface area contributed by atoms with E-state index in [1.54, 1.807) is 37.3 Å². The molecule has 1 aromatic heterocycles. The molecule has 0 saturated heterocycles. The van der Waals surface area contributed by atoms with Crippen LogP contribution < -0.4 is 9.64 Å². The molecule has 2 aromatic rings. The Morgan fingerprint density at radius 1 is 1.21 bits per heavy atom. The molecule has 0 N–H and O–H groups in total. The number of benzene rings is 1. The van der Waals surface area contributed by atoms with Crippen molar-refractivity contribution in [1.29, 1.82) is 0 Å². The number of ether oxygens (including phenoxy) is 1. The minimum Gasteiger partial charge on any atom is -0.497 e. The number of nitrogens with zero attached hydrogens (tertiary/aromatic N) is 2. The van der Waals surface area contributed by atoms with Crippen molar-refractivity contribution in [3.8, 4) is 5.75 Å². The fraction of sp³-hybridized carbons (Fsp3) is 0.143. The van der Waals surface area contributed by atoms with Gasteiger partial charge in [0.25, 0.3) is 5.91 Å². The van der Waals surface area contributed by atoms with Crippen molar-refractivity contribution in [3.63, 3.8) is 0 Å². The summed E-state index contributed by atoms with van der Waals surface area (Å²) in [6.45, 7) is 0. The summed E-state index contributed by atoms with van der Waals surface area (Å²) in [6.07, 6.45) is 0. The topological polar surface area (TPSA) is 42.4 Å². The first-order chi connectivity index (χ1) is 9.11. The zero-order valence-electron chi connectivity index (χ0n) is 10.6. The molecule has 0 bridgehead atoms. The number of hydrogen-bond donors (Lipinski definition) is 0. The van der Waals surface area contributed by atoms with Crippen molar-refractivity contribution in [1.82, 2.24) is 4.98 Å². The fourth-order valence-corrected chi connectivity index (χ4v) is 1.97. The van der Waals surface area contributed by atoms with E-state index in [1.165, 1.54) is 0 Å². The Hall–Kier alpha value is -1.88. The Balaban J connectivity index is 2.23. The van der Waals surface area contributed by atoms with Crippen LogP contribution in [0.3, 0.4) is 0 Å². The first-order valence-corrected chi connectivity index (χ1v) is 6.46. The first-order valence-electron chi connectivity index (χ1n) is 5.66. The predicted molar refractivity (Wildman–Crippen MR) is 77.7 cm³/mol. The average molecular weight is 321 g/mol. The lowest BCUT2D eigenvalue weighted by Gasteiger charge is -2.17. The molecule has 5 heteroatoms. The van der Waals surface area contributed by atoms with Crippen LogP contribution >= 0.6 is 15.9 Å². The number of amides is 1. The Bertz CT molecular complexity index is 584. The summed E-state index contributed by atoms with van der Waals surface area (Å²) in [6, 6.07) is 12.5. The summed E-state index contributed by atoms with van der Waals surface area (Å²) in [5, 5.41) is 0. The molecule has 19 heavy (non-hydrogen) atoms. The fourth-order valence-electron chi connectivity index (χ4n) is 1.62. The summed E-state index contributed by atoms with van der Waals surface area (Å²) in [5.74, 6) is 0.594. The van der Waals surface area contributed by atoms with Gasteiger partial charge < -0.3 is 9.64 Å². The maximum absolute atomic E-state index is 12.3. The third kappa shape index (κ3) is 3.12. The van der Waals surface area contributed by atoms with Gasteiger partial charge in [-0.3, -0.25) is 4.79 Å². The Labute approximate surface area is 120 Å². The smallest absolute Gasteiger partial charge is 0.276 e. The van der Waals surface area contributed by atoms with Crippen LogP contribution in [0.1, 0.15) is 10.5 Å². The summed E-state index contributed by atoms with van der Waals surface area (Å²) >= 11 is 3.26. The Morgan fingerprint density at radius 2 is 1.89 bits per heavy atom. The second-order valence-electron chi connectivity index (χ2n) is 3.91. The molecule has 2 rings (SSSR count). The van der Waals surface area contributed by atoms with E-state index >= 15 is 0 Å². The molecule has 0 unspecified atom stereocenters. The highest BCUT2D eigenvalue weighted by atomic mass is 79.9. The lowest BCUT2D eigenvalue weighted by atomic mass is 10.2. The molecular weight excluding hydrogens is 308 g/mol. The van der Waals surface area contributed by atoms with Crippen molar-refractivity contribution >= 4 is 27.5 Å². The van der Waals surface area contributed by atoms with Gasteiger partial charge >= 0.3 is 0 Å². The molecule has 0 spiro atoms. The zero-order valence-corrected chi connectivity index (χ0v) is 12.2. The van der Waals surface area contributed by atoms with E-state index in [0.717, 1.165) is 11.4 Å². The van der Waals surface area contributed by atoms with Crippen molar-refractivity contribution in [2.24, 2.45) is 0 Å². The molecular formula is C14H13BrN2O2. The molecule has 98 valence electrons. The zero-order chi connectivity index (χ0) is 13.8. The van der Waals surface area contributed by atoms with Gasteiger partial charge in [0, 0.05) is 12.7 Å². The predicted octanol–water partition coefficient (Wildman–Crippen LogP) is 3.13. The van der Waals surface area contributed by atoms with E-state index < -0.39 is 0 Å². The van der Waals surface area contributed by atoms with Gasteiger partial charge in [0.15, 0.2) is 0 Å². The number of pyridine rings is 1. The van der Waals surface area contributed by atoms with E-state index in [4.69, 9.17) is 4.74 Å². The molecule has 0 atom stereocenters. The van der Waals surface area contributed by atoms with Gasteiger partial charge in [-0.2, -0.15) is 0 Å². The van der Waals surface area contributed by atoms with Crippen molar-refractivity contribution in [2.75, 3.05) is 19.1 Å². The minimum atomic E-state index is -0.161. The second-order valence-corrected chi connectivity index (χ2v) is 4.72. The number of carbonyl (C=O) groups is 1. The van der Waals surface area contributed by atoms with Gasteiger partial charge in [-0.15, -0.1) is 0 Å². The van der Waals surface area contributed by atoms with Crippen LogP contribution in [-0.4, -0.2) is 25.0 Å². The largest absolute Gasteiger partial charge is 0.497 e. The molecule has 0 radical (unpaired) electrons. The quantitative estimate of drug-likeness (QED) is 0.816. The second kappa shape index (κ2) is 5.84. The van der Waals surface area contributed by atoms with Crippen LogP contribution in [-0.2, 0) is 0 Å². The molecule has 0 aliphatic rings. The molecule has 0 aliphatic heterocycles. The van der Waals surface area contributed by atoms with E-state index in [0.29, 0.717) is 10.3 Å². The monoisotopic (exact) mass is 320 g/mol. The van der Waals surface area contributed by atoms with E-state index in [9.17, 15) is 4.79 Å². The van der Waals surface area contributed by atoms with Gasteiger partial charge in [0.05, 0.1) is 7.11 Å². The SMILES string of the molecule is COc1ccc(N(C)C(=O)c2cccc(Br)n2)cc1. The normalized spacial score (nSPS) is 10.1. The van der Waals surface area contributed by atoms with Gasteiger partial charge in [-0.25, -0.2) is 4.98 Å². The third-order valence-corrected chi connectivity index (χ3v) is 3.14. The van der Waals surface area contributed by atoms with Gasteiger partial charge in [0.1, 0.15) is 16.0 Å². The van der Waals surface area contributed by atoms with E-state index in [2.05, 4.69) is 20.9 Å². The molecule has 4 nitrogen and oxygen atoms in total. The molecule has 0 fully saturated rings. The van der Waals surface area contributed by atoms with E-state index in [-0.39, 0.29) is 5.91 Å². The van der Waals surface area contributed by atoms with Crippen LogP contribution in [0.15, 0.2) is 47.1 Å². The molecule has 1 aromatic carbocycles. The van der Waals surface area contributed by atoms with Crippen LogP contribution in [0.5, 0.6) is 5.75 Å². The van der Waals surface area contributed by atoms with Crippen LogP contribution in [0, 0.1) is 0 Å². The number of hydrogen-bond acceptors (Lipinski definition) is 3. The lowest BCUT2D eigenvalue weighted by molar-refractivity contribution is 0.0988. The summed E-state index contributed by atoms with van der Waals surface area (Å²) < 4.78 is 5.73. The summed E-state index contributed by atoms with van der Waals surface area (Å²) in [4.78, 5) is 18.0. The Morgan fingerprint density at radius 3 is 2.47 bits per heavy atom. The van der Waals surface area contributed by atoms with Crippen LogP contribution in [0.2, 0.25) is 0 Å². The number of carbonyl (C=O) groups excluding carboxylic acids is 1. The van der Waals surface area contributed by atoms with Crippen molar-refractivity contribution in [3.05, 3.63) is 52.8 Å². The van der Waals surface area contributed by atoms with Crippen LogP contribution in [0.25, 0.3) is 0 Å². The number of methoxy groups -OCH3 is 1.